The molecule has 8 heteroatoms. The van der Waals surface area contributed by atoms with Gasteiger partial charge >= 0.3 is 0 Å². The van der Waals surface area contributed by atoms with Crippen molar-refractivity contribution in [3.63, 3.8) is 0 Å². The Kier molecular flexibility index (Phi) is 4.83. The summed E-state index contributed by atoms with van der Waals surface area (Å²) in [6, 6.07) is 0.130. The van der Waals surface area contributed by atoms with Gasteiger partial charge in [0.25, 0.3) is 10.2 Å². The molecule has 0 unspecified atom stereocenters. The summed E-state index contributed by atoms with van der Waals surface area (Å²) in [4.78, 5) is 2.60. The fourth-order valence-electron chi connectivity index (χ4n) is 1.02. The summed E-state index contributed by atoms with van der Waals surface area (Å²) in [5.41, 5.74) is 7.99. The summed E-state index contributed by atoms with van der Waals surface area (Å²) >= 11 is 0. The van der Waals surface area contributed by atoms with Crippen LogP contribution in [0.5, 0.6) is 0 Å². The predicted octanol–water partition coefficient (Wildman–Crippen LogP) is 0.663. The quantitative estimate of drug-likeness (QED) is 0.278. The molecule has 7 nitrogen and oxygen atoms in total. The molecule has 1 saturated carbocycles. The number of unbranched alkanes of at least 4 members (excludes halogenated alkanes) is 1. The van der Waals surface area contributed by atoms with Gasteiger partial charge in [0.15, 0.2) is 0 Å². The van der Waals surface area contributed by atoms with Gasteiger partial charge in [-0.15, -0.1) is 0 Å². The molecule has 0 spiro atoms. The lowest BCUT2D eigenvalue weighted by Gasteiger charge is -2.06. The molecule has 0 heterocycles. The van der Waals surface area contributed by atoms with Crippen LogP contribution in [0.15, 0.2) is 5.11 Å². The Bertz CT molecular complexity index is 331. The van der Waals surface area contributed by atoms with E-state index in [4.69, 9.17) is 5.53 Å². The predicted molar refractivity (Wildman–Crippen MR) is 56.3 cm³/mol. The lowest BCUT2D eigenvalue weighted by atomic mass is 10.3. The van der Waals surface area contributed by atoms with Crippen LogP contribution >= 0.6 is 0 Å². The molecular weight excluding hydrogens is 218 g/mol. The van der Waals surface area contributed by atoms with E-state index in [2.05, 4.69) is 19.5 Å². The molecule has 2 N–H and O–H groups in total. The Morgan fingerprint density at radius 1 is 1.40 bits per heavy atom. The van der Waals surface area contributed by atoms with Gasteiger partial charge in [0.2, 0.25) is 0 Å². The van der Waals surface area contributed by atoms with Crippen molar-refractivity contribution in [2.24, 2.45) is 5.11 Å². The number of azide groups is 1. The Morgan fingerprint density at radius 2 is 2.13 bits per heavy atom. The van der Waals surface area contributed by atoms with Gasteiger partial charge in [0, 0.05) is 24.0 Å². The summed E-state index contributed by atoms with van der Waals surface area (Å²) in [6.07, 6.45) is 3.22. The Morgan fingerprint density at radius 3 is 2.73 bits per heavy atom. The maximum absolute atomic E-state index is 11.3. The zero-order chi connectivity index (χ0) is 11.1. The second-order valence-corrected chi connectivity index (χ2v) is 4.98. The number of hydrogen-bond donors (Lipinski definition) is 2. The van der Waals surface area contributed by atoms with Crippen LogP contribution in [0.2, 0.25) is 0 Å². The molecule has 0 aromatic heterocycles. The average Bonchev–Trinajstić information content (AvgIpc) is 2.94. The third-order valence-corrected chi connectivity index (χ3v) is 3.17. The first-order chi connectivity index (χ1) is 7.14. The van der Waals surface area contributed by atoms with E-state index in [0.717, 1.165) is 12.8 Å². The van der Waals surface area contributed by atoms with E-state index in [1.54, 1.807) is 0 Å². The third-order valence-electron chi connectivity index (χ3n) is 1.94. The van der Waals surface area contributed by atoms with Crippen LogP contribution in [0.3, 0.4) is 0 Å². The molecule has 1 rings (SSSR count). The number of nitrogens with one attached hydrogen (secondary N) is 2. The first kappa shape index (κ1) is 12.3. The summed E-state index contributed by atoms with van der Waals surface area (Å²) in [5.74, 6) is 0. The average molecular weight is 233 g/mol. The molecule has 15 heavy (non-hydrogen) atoms. The molecule has 0 atom stereocenters. The van der Waals surface area contributed by atoms with Gasteiger partial charge in [-0.2, -0.15) is 13.1 Å². The van der Waals surface area contributed by atoms with E-state index in [1.807, 2.05) is 0 Å². The first-order valence-electron chi connectivity index (χ1n) is 4.92. The lowest BCUT2D eigenvalue weighted by molar-refractivity contribution is 0.562. The van der Waals surface area contributed by atoms with E-state index >= 15 is 0 Å². The number of hydrogen-bond acceptors (Lipinski definition) is 3. The fourth-order valence-corrected chi connectivity index (χ4v) is 2.19. The van der Waals surface area contributed by atoms with Crippen LogP contribution in [-0.2, 0) is 10.2 Å². The first-order valence-corrected chi connectivity index (χ1v) is 6.40. The van der Waals surface area contributed by atoms with E-state index in [0.29, 0.717) is 25.9 Å². The molecular formula is C7H15N5O2S. The maximum Gasteiger partial charge on any atom is 0.277 e. The number of nitrogens with zero attached hydrogens (tertiary/aromatic N) is 3. The van der Waals surface area contributed by atoms with Gasteiger partial charge in [0.1, 0.15) is 0 Å². The van der Waals surface area contributed by atoms with E-state index in [9.17, 15) is 8.42 Å². The topological polar surface area (TPSA) is 107 Å². The van der Waals surface area contributed by atoms with Gasteiger partial charge in [-0.3, -0.25) is 0 Å². The highest BCUT2D eigenvalue weighted by Gasteiger charge is 2.26. The number of rotatable bonds is 8. The van der Waals surface area contributed by atoms with Crippen molar-refractivity contribution < 1.29 is 8.42 Å². The second-order valence-electron chi connectivity index (χ2n) is 3.45. The third kappa shape index (κ3) is 6.29. The van der Waals surface area contributed by atoms with Crippen LogP contribution in [0.4, 0.5) is 0 Å². The van der Waals surface area contributed by atoms with Crippen molar-refractivity contribution in [2.45, 2.75) is 31.7 Å². The summed E-state index contributed by atoms with van der Waals surface area (Å²) in [6.45, 7) is 0.789. The van der Waals surface area contributed by atoms with Crippen molar-refractivity contribution in [1.29, 1.82) is 0 Å². The summed E-state index contributed by atoms with van der Waals surface area (Å²) in [5, 5.41) is 3.35. The van der Waals surface area contributed by atoms with Crippen molar-refractivity contribution >= 4 is 10.2 Å². The Hall–Kier alpha value is -0.820. The van der Waals surface area contributed by atoms with Gasteiger partial charge in [-0.25, -0.2) is 4.72 Å². The molecule has 86 valence electrons. The zero-order valence-electron chi connectivity index (χ0n) is 8.39. The Balaban J connectivity index is 2.04. The highest BCUT2D eigenvalue weighted by atomic mass is 32.2. The lowest BCUT2D eigenvalue weighted by Crippen LogP contribution is -2.38. The second kappa shape index (κ2) is 5.92. The van der Waals surface area contributed by atoms with E-state index in [-0.39, 0.29) is 6.04 Å². The SMILES string of the molecule is [N-]=[N+]=NCCCCNS(=O)(=O)NC1CC1. The van der Waals surface area contributed by atoms with E-state index in [1.165, 1.54) is 0 Å². The summed E-state index contributed by atoms with van der Waals surface area (Å²) in [7, 11) is -3.31. The van der Waals surface area contributed by atoms with Crippen LogP contribution in [0.25, 0.3) is 10.4 Å². The zero-order valence-corrected chi connectivity index (χ0v) is 9.20. The highest BCUT2D eigenvalue weighted by molar-refractivity contribution is 7.87. The van der Waals surface area contributed by atoms with E-state index < -0.39 is 10.2 Å². The Labute approximate surface area is 89.1 Å². The minimum atomic E-state index is -3.31. The molecule has 0 bridgehead atoms. The van der Waals surface area contributed by atoms with Crippen molar-refractivity contribution in [3.8, 4) is 0 Å². The van der Waals surface area contributed by atoms with Crippen LogP contribution in [0.1, 0.15) is 25.7 Å². The fraction of sp³-hybridized carbons (Fsp3) is 1.00. The van der Waals surface area contributed by atoms with Crippen LogP contribution < -0.4 is 9.44 Å². The molecule has 0 amide bonds. The molecule has 0 aromatic carbocycles. The maximum atomic E-state index is 11.3. The minimum absolute atomic E-state index is 0.130. The molecule has 0 aliphatic heterocycles. The minimum Gasteiger partial charge on any atom is -0.202 e. The molecule has 0 aromatic rings. The van der Waals surface area contributed by atoms with Crippen molar-refractivity contribution in [3.05, 3.63) is 10.4 Å². The van der Waals surface area contributed by atoms with Gasteiger partial charge in [-0.1, -0.05) is 5.11 Å². The molecule has 1 fully saturated rings. The summed E-state index contributed by atoms with van der Waals surface area (Å²) < 4.78 is 27.5. The molecule has 1 aliphatic rings. The monoisotopic (exact) mass is 233 g/mol. The van der Waals surface area contributed by atoms with Crippen molar-refractivity contribution in [1.82, 2.24) is 9.44 Å². The van der Waals surface area contributed by atoms with Gasteiger partial charge in [0.05, 0.1) is 0 Å². The normalized spacial score (nSPS) is 16.0. The van der Waals surface area contributed by atoms with Crippen molar-refractivity contribution in [2.75, 3.05) is 13.1 Å². The van der Waals surface area contributed by atoms with Crippen LogP contribution in [0, 0.1) is 0 Å². The smallest absolute Gasteiger partial charge is 0.202 e. The highest BCUT2D eigenvalue weighted by Crippen LogP contribution is 2.19. The molecule has 1 aliphatic carbocycles. The standard InChI is InChI=1S/C7H15N5O2S/c8-12-9-5-1-2-6-10-15(13,14)11-7-3-4-7/h7,10-11H,1-6H2. The molecule has 0 radical (unpaired) electrons. The largest absolute Gasteiger partial charge is 0.277 e. The van der Waals surface area contributed by atoms with Gasteiger partial charge < -0.3 is 0 Å². The van der Waals surface area contributed by atoms with Gasteiger partial charge in [-0.05, 0) is 31.2 Å². The van der Waals surface area contributed by atoms with Crippen LogP contribution in [-0.4, -0.2) is 27.5 Å². The molecule has 0 saturated heterocycles.